The third-order valence-corrected chi connectivity index (χ3v) is 3.31. The van der Waals surface area contributed by atoms with E-state index < -0.39 is 11.9 Å². The van der Waals surface area contributed by atoms with E-state index in [0.717, 1.165) is 0 Å². The largest absolute Gasteiger partial charge is 0.495 e. The second-order valence-corrected chi connectivity index (χ2v) is 4.41. The van der Waals surface area contributed by atoms with Gasteiger partial charge >= 0.3 is 5.97 Å². The zero-order valence-corrected chi connectivity index (χ0v) is 10.5. The second-order valence-electron chi connectivity index (χ2n) is 4.04. The number of carboxylic acid groups (broad SMARTS) is 1. The molecular weight excluding hydrogens is 258 g/mol. The fraction of sp³-hybridized carbons (Fsp3) is 0.333. The summed E-state index contributed by atoms with van der Waals surface area (Å²) < 4.78 is 5.07. The standard InChI is InChI=1S/C12H12ClNO4/c1-18-9-4-2-3-8(11(9)13)14-6-7(12(16)17)5-10(14)15/h2-4,7H,5-6H2,1H3,(H,16,17). The van der Waals surface area contributed by atoms with Crippen LogP contribution in [-0.4, -0.2) is 30.6 Å². The van der Waals surface area contributed by atoms with Gasteiger partial charge in [0.2, 0.25) is 5.91 Å². The number of benzene rings is 1. The average molecular weight is 270 g/mol. The molecule has 1 atom stereocenters. The molecular formula is C12H12ClNO4. The lowest BCUT2D eigenvalue weighted by Crippen LogP contribution is -2.26. The maximum absolute atomic E-state index is 11.8. The molecule has 96 valence electrons. The molecule has 1 aliphatic rings. The highest BCUT2D eigenvalue weighted by Crippen LogP contribution is 2.37. The Morgan fingerprint density at radius 1 is 1.56 bits per heavy atom. The van der Waals surface area contributed by atoms with Gasteiger partial charge in [0, 0.05) is 13.0 Å². The number of rotatable bonds is 3. The predicted molar refractivity (Wildman–Crippen MR) is 66.1 cm³/mol. The van der Waals surface area contributed by atoms with Crippen LogP contribution in [0, 0.1) is 5.92 Å². The minimum absolute atomic E-state index is 0.00285. The van der Waals surface area contributed by atoms with Crippen molar-refractivity contribution in [2.24, 2.45) is 5.92 Å². The maximum atomic E-state index is 11.8. The van der Waals surface area contributed by atoms with Crippen molar-refractivity contribution in [3.05, 3.63) is 23.2 Å². The molecule has 1 heterocycles. The molecule has 0 aliphatic carbocycles. The highest BCUT2D eigenvalue weighted by atomic mass is 35.5. The SMILES string of the molecule is COc1cccc(N2CC(C(=O)O)CC2=O)c1Cl. The monoisotopic (exact) mass is 269 g/mol. The Morgan fingerprint density at radius 3 is 2.83 bits per heavy atom. The number of anilines is 1. The Labute approximate surface area is 109 Å². The van der Waals surface area contributed by atoms with Crippen LogP contribution in [0.5, 0.6) is 5.75 Å². The van der Waals surface area contributed by atoms with Crippen LogP contribution in [0.4, 0.5) is 5.69 Å². The molecule has 5 nitrogen and oxygen atoms in total. The Bertz CT molecular complexity index is 503. The summed E-state index contributed by atoms with van der Waals surface area (Å²) in [7, 11) is 1.48. The van der Waals surface area contributed by atoms with Crippen LogP contribution in [-0.2, 0) is 9.59 Å². The fourth-order valence-electron chi connectivity index (χ4n) is 1.97. The zero-order chi connectivity index (χ0) is 13.3. The first-order valence-electron chi connectivity index (χ1n) is 5.40. The van der Waals surface area contributed by atoms with Gasteiger partial charge in [0.15, 0.2) is 0 Å². The number of carbonyl (C=O) groups excluding carboxylic acids is 1. The molecule has 0 aromatic heterocycles. The number of hydrogen-bond acceptors (Lipinski definition) is 3. The van der Waals surface area contributed by atoms with Gasteiger partial charge in [-0.25, -0.2) is 0 Å². The third-order valence-electron chi connectivity index (χ3n) is 2.93. The molecule has 6 heteroatoms. The maximum Gasteiger partial charge on any atom is 0.308 e. The van der Waals surface area contributed by atoms with Crippen molar-refractivity contribution >= 4 is 29.2 Å². The lowest BCUT2D eigenvalue weighted by Gasteiger charge is -2.18. The van der Waals surface area contributed by atoms with E-state index in [1.165, 1.54) is 12.0 Å². The minimum Gasteiger partial charge on any atom is -0.495 e. The number of halogens is 1. The summed E-state index contributed by atoms with van der Waals surface area (Å²) in [6, 6.07) is 5.06. The number of amides is 1. The summed E-state index contributed by atoms with van der Waals surface area (Å²) in [5, 5.41) is 9.25. The number of hydrogen-bond donors (Lipinski definition) is 1. The number of carbonyl (C=O) groups is 2. The first kappa shape index (κ1) is 12.7. The van der Waals surface area contributed by atoms with Gasteiger partial charge in [-0.1, -0.05) is 17.7 Å². The molecule has 2 rings (SSSR count). The van der Waals surface area contributed by atoms with Gasteiger partial charge in [-0.2, -0.15) is 0 Å². The molecule has 1 fully saturated rings. The molecule has 1 N–H and O–H groups in total. The van der Waals surface area contributed by atoms with Crippen LogP contribution >= 0.6 is 11.6 Å². The first-order valence-corrected chi connectivity index (χ1v) is 5.78. The summed E-state index contributed by atoms with van der Waals surface area (Å²) in [5.74, 6) is -1.43. The Balaban J connectivity index is 2.33. The lowest BCUT2D eigenvalue weighted by molar-refractivity contribution is -0.141. The van der Waals surface area contributed by atoms with E-state index in [1.54, 1.807) is 18.2 Å². The highest BCUT2D eigenvalue weighted by molar-refractivity contribution is 6.35. The molecule has 1 saturated heterocycles. The molecule has 1 aliphatic heterocycles. The molecule has 1 unspecified atom stereocenters. The minimum atomic E-state index is -0.968. The molecule has 1 aromatic rings. The van der Waals surface area contributed by atoms with E-state index in [1.807, 2.05) is 0 Å². The van der Waals surface area contributed by atoms with E-state index in [2.05, 4.69) is 0 Å². The number of aliphatic carboxylic acids is 1. The molecule has 18 heavy (non-hydrogen) atoms. The number of methoxy groups -OCH3 is 1. The normalized spacial score (nSPS) is 19.1. The van der Waals surface area contributed by atoms with Crippen molar-refractivity contribution in [2.75, 3.05) is 18.6 Å². The molecule has 1 aromatic carbocycles. The van der Waals surface area contributed by atoms with Crippen LogP contribution in [0.1, 0.15) is 6.42 Å². The van der Waals surface area contributed by atoms with E-state index >= 15 is 0 Å². The van der Waals surface area contributed by atoms with Crippen LogP contribution < -0.4 is 9.64 Å². The van der Waals surface area contributed by atoms with Gasteiger partial charge in [-0.05, 0) is 12.1 Å². The first-order chi connectivity index (χ1) is 8.54. The van der Waals surface area contributed by atoms with Crippen LogP contribution in [0.15, 0.2) is 18.2 Å². The van der Waals surface area contributed by atoms with Crippen molar-refractivity contribution in [1.82, 2.24) is 0 Å². The Hall–Kier alpha value is -1.75. The number of nitrogens with zero attached hydrogens (tertiary/aromatic N) is 1. The summed E-state index contributed by atoms with van der Waals surface area (Å²) in [6.45, 7) is 0.140. The van der Waals surface area contributed by atoms with E-state index in [0.29, 0.717) is 16.5 Å². The Kier molecular flexibility index (Phi) is 3.43. The van der Waals surface area contributed by atoms with E-state index in [-0.39, 0.29) is 18.9 Å². The van der Waals surface area contributed by atoms with Crippen molar-refractivity contribution in [2.45, 2.75) is 6.42 Å². The van der Waals surface area contributed by atoms with Gasteiger partial charge < -0.3 is 14.7 Å². The van der Waals surface area contributed by atoms with Crippen molar-refractivity contribution in [3.8, 4) is 5.75 Å². The van der Waals surface area contributed by atoms with Gasteiger partial charge in [-0.3, -0.25) is 9.59 Å². The van der Waals surface area contributed by atoms with Crippen molar-refractivity contribution in [3.63, 3.8) is 0 Å². The predicted octanol–water partition coefficient (Wildman–Crippen LogP) is 1.79. The van der Waals surface area contributed by atoms with Gasteiger partial charge in [0.1, 0.15) is 10.8 Å². The highest BCUT2D eigenvalue weighted by Gasteiger charge is 2.36. The topological polar surface area (TPSA) is 66.8 Å². The molecule has 0 radical (unpaired) electrons. The van der Waals surface area contributed by atoms with Crippen LogP contribution in [0.2, 0.25) is 5.02 Å². The average Bonchev–Trinajstić information content (AvgIpc) is 2.72. The summed E-state index contributed by atoms with van der Waals surface area (Å²) in [5.41, 5.74) is 0.491. The molecule has 0 bridgehead atoms. The van der Waals surface area contributed by atoms with Crippen LogP contribution in [0.25, 0.3) is 0 Å². The quantitative estimate of drug-likeness (QED) is 0.908. The fourth-order valence-corrected chi connectivity index (χ4v) is 2.28. The Morgan fingerprint density at radius 2 is 2.28 bits per heavy atom. The number of carboxylic acids is 1. The number of ether oxygens (including phenoxy) is 1. The molecule has 0 saturated carbocycles. The van der Waals surface area contributed by atoms with Crippen LogP contribution in [0.3, 0.4) is 0 Å². The zero-order valence-electron chi connectivity index (χ0n) is 9.72. The van der Waals surface area contributed by atoms with E-state index in [4.69, 9.17) is 21.4 Å². The van der Waals surface area contributed by atoms with Gasteiger partial charge in [0.05, 0.1) is 18.7 Å². The summed E-state index contributed by atoms with van der Waals surface area (Å²) >= 11 is 6.12. The summed E-state index contributed by atoms with van der Waals surface area (Å²) in [4.78, 5) is 24.1. The van der Waals surface area contributed by atoms with Crippen molar-refractivity contribution < 1.29 is 19.4 Å². The smallest absolute Gasteiger partial charge is 0.308 e. The molecule has 1 amide bonds. The van der Waals surface area contributed by atoms with Crippen molar-refractivity contribution in [1.29, 1.82) is 0 Å². The third kappa shape index (κ3) is 2.13. The summed E-state index contributed by atoms with van der Waals surface area (Å²) in [6.07, 6.45) is 0.00285. The van der Waals surface area contributed by atoms with E-state index in [9.17, 15) is 9.59 Å². The van der Waals surface area contributed by atoms with Gasteiger partial charge in [-0.15, -0.1) is 0 Å². The second kappa shape index (κ2) is 4.86. The molecule has 0 spiro atoms. The lowest BCUT2D eigenvalue weighted by atomic mass is 10.1. The van der Waals surface area contributed by atoms with Gasteiger partial charge in [0.25, 0.3) is 0 Å².